The van der Waals surface area contributed by atoms with E-state index in [4.69, 9.17) is 15.5 Å². The minimum atomic E-state index is -0.0533. The average molecular weight is 614 g/mol. The molecule has 3 aromatic carbocycles. The summed E-state index contributed by atoms with van der Waals surface area (Å²) in [7, 11) is 2.18. The number of hydrogen-bond donors (Lipinski definition) is 2. The van der Waals surface area contributed by atoms with Crippen LogP contribution in [0.3, 0.4) is 0 Å². The van der Waals surface area contributed by atoms with Crippen molar-refractivity contribution in [3.8, 4) is 28.3 Å². The van der Waals surface area contributed by atoms with Gasteiger partial charge in [-0.1, -0.05) is 42.5 Å². The molecule has 1 saturated heterocycles. The Kier molecular flexibility index (Phi) is 7.22. The number of anilines is 2. The van der Waals surface area contributed by atoms with Crippen LogP contribution in [0.25, 0.3) is 33.5 Å². The maximum Gasteiger partial charge on any atom is 0.262 e. The number of nitrogens with one attached hydrogen (secondary N) is 1. The molecule has 3 N–H and O–H groups in total. The SMILES string of the molecule is Cc1c(-c2nc(N)nc3[nH]c(-c4ccc(CN5CCN(C)CC5)cc4)cc23)cccc1N1CCOc2cc(C3CC3)ccc2C1=O. The van der Waals surface area contributed by atoms with Crippen molar-refractivity contribution in [3.63, 3.8) is 0 Å². The number of hydrogen-bond acceptors (Lipinski definition) is 7. The maximum absolute atomic E-state index is 13.9. The van der Waals surface area contributed by atoms with Crippen molar-refractivity contribution < 1.29 is 9.53 Å². The largest absolute Gasteiger partial charge is 0.491 e. The number of carbonyl (C=O) groups excluding carboxylic acids is 1. The summed E-state index contributed by atoms with van der Waals surface area (Å²) >= 11 is 0. The lowest BCUT2D eigenvalue weighted by atomic mass is 10.00. The summed E-state index contributed by atoms with van der Waals surface area (Å²) in [5.74, 6) is 1.42. The van der Waals surface area contributed by atoms with Gasteiger partial charge in [-0.05, 0) is 79.3 Å². The first kappa shape index (κ1) is 28.7. The van der Waals surface area contributed by atoms with E-state index < -0.39 is 0 Å². The molecule has 0 radical (unpaired) electrons. The normalized spacial score (nSPS) is 17.6. The van der Waals surface area contributed by atoms with E-state index in [1.54, 1.807) is 0 Å². The van der Waals surface area contributed by atoms with Gasteiger partial charge in [0.1, 0.15) is 18.0 Å². The lowest BCUT2D eigenvalue weighted by molar-refractivity contribution is 0.0989. The molecule has 3 aliphatic rings. The van der Waals surface area contributed by atoms with Crippen LogP contribution in [0.4, 0.5) is 11.6 Å². The van der Waals surface area contributed by atoms with Crippen LogP contribution in [0.15, 0.2) is 66.7 Å². The number of amides is 1. The first-order chi connectivity index (χ1) is 22.4. The molecule has 1 amide bonds. The van der Waals surface area contributed by atoms with Crippen molar-refractivity contribution in [1.29, 1.82) is 0 Å². The third-order valence-corrected chi connectivity index (χ3v) is 9.73. The molecule has 0 spiro atoms. The van der Waals surface area contributed by atoms with E-state index in [2.05, 4.69) is 69.3 Å². The zero-order chi connectivity index (χ0) is 31.4. The highest BCUT2D eigenvalue weighted by atomic mass is 16.5. The minimum absolute atomic E-state index is 0.0533. The number of likely N-dealkylation sites (N-methyl/N-ethyl adjacent to an activating group) is 1. The smallest absolute Gasteiger partial charge is 0.262 e. The zero-order valence-corrected chi connectivity index (χ0v) is 26.4. The Hall–Kier alpha value is -4.73. The predicted octanol–water partition coefficient (Wildman–Crippen LogP) is 5.85. The van der Waals surface area contributed by atoms with Crippen molar-refractivity contribution in [1.82, 2.24) is 24.8 Å². The number of nitrogens with two attached hydrogens (primary N) is 1. The first-order valence-corrected chi connectivity index (χ1v) is 16.3. The molecule has 0 bridgehead atoms. The second kappa shape index (κ2) is 11.6. The first-order valence-electron chi connectivity index (χ1n) is 16.3. The van der Waals surface area contributed by atoms with Crippen LogP contribution >= 0.6 is 0 Å². The number of ether oxygens (including phenoxy) is 1. The Balaban J connectivity index is 1.10. The Morgan fingerprint density at radius 3 is 2.52 bits per heavy atom. The number of rotatable bonds is 6. The second-order valence-electron chi connectivity index (χ2n) is 12.9. The summed E-state index contributed by atoms with van der Waals surface area (Å²) in [6.45, 7) is 8.29. The van der Waals surface area contributed by atoms with E-state index in [1.807, 2.05) is 36.1 Å². The van der Waals surface area contributed by atoms with Gasteiger partial charge in [-0.25, -0.2) is 4.98 Å². The number of nitrogen functional groups attached to an aromatic ring is 1. The van der Waals surface area contributed by atoms with E-state index >= 15 is 0 Å². The molecule has 1 aliphatic carbocycles. The lowest BCUT2D eigenvalue weighted by Gasteiger charge is -2.32. The fraction of sp³-hybridized carbons (Fsp3) is 0.324. The number of fused-ring (bicyclic) bond motifs is 2. The van der Waals surface area contributed by atoms with E-state index in [0.29, 0.717) is 36.0 Å². The number of aromatic nitrogens is 3. The van der Waals surface area contributed by atoms with Gasteiger partial charge in [0, 0.05) is 55.1 Å². The van der Waals surface area contributed by atoms with Gasteiger partial charge in [0.05, 0.1) is 17.8 Å². The summed E-state index contributed by atoms with van der Waals surface area (Å²) in [5, 5.41) is 0.884. The topological polar surface area (TPSA) is 104 Å². The molecule has 46 heavy (non-hydrogen) atoms. The van der Waals surface area contributed by atoms with Crippen LogP contribution in [-0.4, -0.2) is 77.0 Å². The Bertz CT molecular complexity index is 1940. The maximum atomic E-state index is 13.9. The number of benzene rings is 3. The molecule has 2 aliphatic heterocycles. The van der Waals surface area contributed by atoms with Crippen LogP contribution in [0, 0.1) is 6.92 Å². The minimum Gasteiger partial charge on any atom is -0.491 e. The molecule has 0 atom stereocenters. The van der Waals surface area contributed by atoms with Crippen LogP contribution in [0.2, 0.25) is 0 Å². The predicted molar refractivity (Wildman–Crippen MR) is 182 cm³/mol. The highest BCUT2D eigenvalue weighted by Crippen LogP contribution is 2.43. The molecule has 9 nitrogen and oxygen atoms in total. The molecule has 2 aromatic heterocycles. The fourth-order valence-electron chi connectivity index (χ4n) is 6.84. The quantitative estimate of drug-likeness (QED) is 0.248. The number of nitrogens with zero attached hydrogens (tertiary/aromatic N) is 5. The number of carbonyl (C=O) groups is 1. The van der Waals surface area contributed by atoms with E-state index in [-0.39, 0.29) is 11.9 Å². The molecular formula is C37H39N7O2. The van der Waals surface area contributed by atoms with Crippen LogP contribution in [0.1, 0.15) is 45.8 Å². The standard InChI is InChI=1S/C37H39N7O2/c1-23-28(4-3-5-32(23)44-18-19-46-33-20-27(25-10-11-25)12-13-29(33)36(44)45)34-30-21-31(39-35(30)41-37(38)40-34)26-8-6-24(7-9-26)22-43-16-14-42(2)15-17-43/h3-9,12-13,20-21,25H,10-11,14-19,22H2,1-2H3,(H3,38,39,40,41). The highest BCUT2D eigenvalue weighted by Gasteiger charge is 2.30. The molecule has 4 heterocycles. The van der Waals surface area contributed by atoms with Crippen LogP contribution in [0.5, 0.6) is 5.75 Å². The molecule has 8 rings (SSSR count). The molecular weight excluding hydrogens is 574 g/mol. The van der Waals surface area contributed by atoms with Gasteiger partial charge in [-0.15, -0.1) is 0 Å². The molecule has 234 valence electrons. The monoisotopic (exact) mass is 613 g/mol. The van der Waals surface area contributed by atoms with Crippen molar-refractivity contribution in [2.75, 3.05) is 57.0 Å². The summed E-state index contributed by atoms with van der Waals surface area (Å²) < 4.78 is 6.10. The van der Waals surface area contributed by atoms with Crippen LogP contribution < -0.4 is 15.4 Å². The third-order valence-electron chi connectivity index (χ3n) is 9.73. The average Bonchev–Trinajstić information content (AvgIpc) is 3.85. The van der Waals surface area contributed by atoms with Gasteiger partial charge in [0.15, 0.2) is 0 Å². The summed E-state index contributed by atoms with van der Waals surface area (Å²) in [5.41, 5.74) is 15.6. The van der Waals surface area contributed by atoms with Crippen LogP contribution in [-0.2, 0) is 6.54 Å². The summed E-state index contributed by atoms with van der Waals surface area (Å²) in [6, 6.07) is 22.9. The molecule has 9 heteroatoms. The fourth-order valence-corrected chi connectivity index (χ4v) is 6.84. The Labute approximate surface area is 269 Å². The van der Waals surface area contributed by atoms with E-state index in [0.717, 1.165) is 71.9 Å². The molecule has 5 aromatic rings. The summed E-state index contributed by atoms with van der Waals surface area (Å²) in [4.78, 5) is 33.4. The van der Waals surface area contributed by atoms with Crippen molar-refractivity contribution in [2.45, 2.75) is 32.2 Å². The second-order valence-corrected chi connectivity index (χ2v) is 12.9. The van der Waals surface area contributed by atoms with Gasteiger partial charge in [-0.3, -0.25) is 9.69 Å². The van der Waals surface area contributed by atoms with Gasteiger partial charge in [0.25, 0.3) is 5.91 Å². The van der Waals surface area contributed by atoms with Crippen molar-refractivity contribution in [2.24, 2.45) is 0 Å². The van der Waals surface area contributed by atoms with Gasteiger partial charge in [0.2, 0.25) is 5.95 Å². The third kappa shape index (κ3) is 5.39. The Morgan fingerprint density at radius 1 is 0.935 bits per heavy atom. The van der Waals surface area contributed by atoms with E-state index in [1.165, 1.54) is 24.0 Å². The molecule has 2 fully saturated rings. The lowest BCUT2D eigenvalue weighted by Crippen LogP contribution is -2.43. The summed E-state index contributed by atoms with van der Waals surface area (Å²) in [6.07, 6.45) is 2.41. The van der Waals surface area contributed by atoms with Crippen molar-refractivity contribution >= 4 is 28.6 Å². The van der Waals surface area contributed by atoms with Gasteiger partial charge >= 0.3 is 0 Å². The molecule has 0 unspecified atom stereocenters. The number of piperazine rings is 1. The molecule has 1 saturated carbocycles. The van der Waals surface area contributed by atoms with Crippen molar-refractivity contribution in [3.05, 3.63) is 89.0 Å². The number of aromatic amines is 1. The number of H-pyrrole nitrogens is 1. The Morgan fingerprint density at radius 2 is 1.74 bits per heavy atom. The van der Waals surface area contributed by atoms with E-state index in [9.17, 15) is 4.79 Å². The van der Waals surface area contributed by atoms with Gasteiger partial charge < -0.3 is 25.3 Å². The van der Waals surface area contributed by atoms with Gasteiger partial charge in [-0.2, -0.15) is 4.98 Å². The zero-order valence-electron chi connectivity index (χ0n) is 26.4. The highest BCUT2D eigenvalue weighted by molar-refractivity contribution is 6.09.